The number of oxazole rings is 1. The fourth-order valence-corrected chi connectivity index (χ4v) is 2.54. The minimum absolute atomic E-state index is 0.0937. The monoisotopic (exact) mass is 292 g/mol. The molecule has 1 aromatic rings. The number of likely N-dealkylation sites (tertiary alicyclic amines) is 1. The Labute approximate surface area is 127 Å². The molecule has 0 saturated carbocycles. The van der Waals surface area contributed by atoms with E-state index in [1.807, 2.05) is 13.8 Å². The minimum atomic E-state index is 0.0937. The summed E-state index contributed by atoms with van der Waals surface area (Å²) in [6.45, 7) is 17.5. The predicted molar refractivity (Wildman–Crippen MR) is 85.4 cm³/mol. The van der Waals surface area contributed by atoms with Gasteiger partial charge in [0.2, 0.25) is 5.89 Å². The molecule has 2 heterocycles. The number of hydrogen-bond donors (Lipinski definition) is 1. The van der Waals surface area contributed by atoms with Crippen LogP contribution in [0.25, 0.3) is 0 Å². The predicted octanol–water partition coefficient (Wildman–Crippen LogP) is 2.88. The third-order valence-corrected chi connectivity index (χ3v) is 4.91. The molecule has 0 bridgehead atoms. The summed E-state index contributed by atoms with van der Waals surface area (Å²) < 4.78 is 5.60. The van der Waals surface area contributed by atoms with Crippen molar-refractivity contribution in [3.05, 3.63) is 17.3 Å². The van der Waals surface area contributed by atoms with Gasteiger partial charge in [-0.2, -0.15) is 0 Å². The summed E-state index contributed by atoms with van der Waals surface area (Å²) in [6, 6.07) is 0. The van der Waals surface area contributed by atoms with E-state index in [0.717, 1.165) is 30.5 Å². The van der Waals surface area contributed by atoms with E-state index in [4.69, 9.17) is 9.41 Å². The highest BCUT2D eigenvalue weighted by Gasteiger charge is 2.53. The van der Waals surface area contributed by atoms with Crippen LogP contribution in [0.3, 0.4) is 0 Å². The summed E-state index contributed by atoms with van der Waals surface area (Å²) in [6.07, 6.45) is 0. The zero-order valence-corrected chi connectivity index (χ0v) is 14.4. The van der Waals surface area contributed by atoms with Gasteiger partial charge in [0.25, 0.3) is 0 Å². The second kappa shape index (κ2) is 5.35. The van der Waals surface area contributed by atoms with Crippen LogP contribution in [0.5, 0.6) is 0 Å². The van der Waals surface area contributed by atoms with Crippen molar-refractivity contribution in [1.29, 1.82) is 0 Å². The molecule has 0 radical (unpaired) electrons. The highest BCUT2D eigenvalue weighted by Crippen LogP contribution is 2.46. The summed E-state index contributed by atoms with van der Waals surface area (Å²) >= 11 is 0. The fraction of sp³-hybridized carbons (Fsp3) is 0.750. The van der Waals surface area contributed by atoms with E-state index in [9.17, 15) is 0 Å². The van der Waals surface area contributed by atoms with Gasteiger partial charge in [-0.1, -0.05) is 13.8 Å². The van der Waals surface area contributed by atoms with Gasteiger partial charge in [0.1, 0.15) is 12.3 Å². The van der Waals surface area contributed by atoms with Crippen LogP contribution in [0.1, 0.15) is 52.0 Å². The van der Waals surface area contributed by atoms with Gasteiger partial charge < -0.3 is 14.6 Å². The van der Waals surface area contributed by atoms with Gasteiger partial charge in [0, 0.05) is 24.0 Å². The van der Waals surface area contributed by atoms with Gasteiger partial charge in [-0.05, 0) is 34.6 Å². The lowest BCUT2D eigenvalue weighted by Gasteiger charge is -2.62. The van der Waals surface area contributed by atoms with Crippen molar-refractivity contribution >= 4 is 5.96 Å². The van der Waals surface area contributed by atoms with E-state index in [1.165, 1.54) is 0 Å². The first-order chi connectivity index (χ1) is 9.69. The van der Waals surface area contributed by atoms with Crippen LogP contribution in [0.2, 0.25) is 0 Å². The van der Waals surface area contributed by atoms with Gasteiger partial charge in [-0.15, -0.1) is 0 Å². The molecule has 1 N–H and O–H groups in total. The van der Waals surface area contributed by atoms with Gasteiger partial charge >= 0.3 is 0 Å². The van der Waals surface area contributed by atoms with E-state index >= 15 is 0 Å². The quantitative estimate of drug-likeness (QED) is 0.687. The first-order valence-electron chi connectivity index (χ1n) is 7.68. The first-order valence-corrected chi connectivity index (χ1v) is 7.68. The molecule has 1 aromatic heterocycles. The zero-order valence-electron chi connectivity index (χ0n) is 14.4. The molecular formula is C16H28N4O. The molecule has 0 spiro atoms. The molecule has 1 saturated heterocycles. The summed E-state index contributed by atoms with van der Waals surface area (Å²) in [5.41, 5.74) is 1.33. The van der Waals surface area contributed by atoms with Gasteiger partial charge in [0.15, 0.2) is 5.96 Å². The third kappa shape index (κ3) is 2.78. The molecule has 0 amide bonds. The van der Waals surface area contributed by atoms with Crippen LogP contribution in [0.15, 0.2) is 9.41 Å². The van der Waals surface area contributed by atoms with Crippen LogP contribution < -0.4 is 5.32 Å². The summed E-state index contributed by atoms with van der Waals surface area (Å²) in [5, 5.41) is 3.38. The number of aliphatic imine (C=N–C) groups is 1. The zero-order chi connectivity index (χ0) is 15.8. The number of aromatic nitrogens is 1. The lowest BCUT2D eigenvalue weighted by Crippen LogP contribution is -2.72. The molecule has 21 heavy (non-hydrogen) atoms. The smallest absolute Gasteiger partial charge is 0.216 e. The Hall–Kier alpha value is -1.52. The molecule has 2 rings (SSSR count). The van der Waals surface area contributed by atoms with Gasteiger partial charge in [-0.25, -0.2) is 9.98 Å². The number of nitrogens with zero attached hydrogens (tertiary/aromatic N) is 3. The summed E-state index contributed by atoms with van der Waals surface area (Å²) in [4.78, 5) is 11.4. The Morgan fingerprint density at radius 1 is 1.33 bits per heavy atom. The topological polar surface area (TPSA) is 53.7 Å². The van der Waals surface area contributed by atoms with E-state index in [0.29, 0.717) is 17.9 Å². The van der Waals surface area contributed by atoms with Gasteiger partial charge in [0.05, 0.1) is 5.69 Å². The molecule has 1 aliphatic heterocycles. The maximum absolute atomic E-state index is 5.60. The van der Waals surface area contributed by atoms with E-state index in [2.05, 4.69) is 49.8 Å². The molecule has 1 fully saturated rings. The summed E-state index contributed by atoms with van der Waals surface area (Å²) in [7, 11) is 0. The van der Waals surface area contributed by atoms with Crippen molar-refractivity contribution in [2.45, 2.75) is 60.5 Å². The Morgan fingerprint density at radius 3 is 2.43 bits per heavy atom. The molecule has 5 heteroatoms. The number of rotatable bonds is 3. The van der Waals surface area contributed by atoms with Crippen molar-refractivity contribution in [2.75, 3.05) is 13.1 Å². The Morgan fingerprint density at radius 2 is 2.00 bits per heavy atom. The molecular weight excluding hydrogens is 264 g/mol. The third-order valence-electron chi connectivity index (χ3n) is 4.91. The normalized spacial score (nSPS) is 20.3. The number of aryl methyl sites for hydroxylation is 2. The van der Waals surface area contributed by atoms with Gasteiger partial charge in [-0.3, -0.25) is 0 Å². The maximum atomic E-state index is 5.60. The highest BCUT2D eigenvalue weighted by molar-refractivity contribution is 5.82. The maximum Gasteiger partial charge on any atom is 0.216 e. The summed E-state index contributed by atoms with van der Waals surface area (Å²) in [5.74, 6) is 2.49. The average molecular weight is 292 g/mol. The molecule has 118 valence electrons. The van der Waals surface area contributed by atoms with Crippen molar-refractivity contribution in [1.82, 2.24) is 15.2 Å². The van der Waals surface area contributed by atoms with Crippen molar-refractivity contribution in [3.63, 3.8) is 0 Å². The van der Waals surface area contributed by atoms with Crippen molar-refractivity contribution < 1.29 is 4.42 Å². The van der Waals surface area contributed by atoms with E-state index in [1.54, 1.807) is 0 Å². The Bertz CT molecular complexity index is 523. The fourth-order valence-electron chi connectivity index (χ4n) is 2.54. The van der Waals surface area contributed by atoms with E-state index < -0.39 is 0 Å². The second-order valence-corrected chi connectivity index (χ2v) is 6.95. The number of nitrogens with one attached hydrogen (secondary N) is 1. The Balaban J connectivity index is 2.14. The molecule has 0 aliphatic carbocycles. The minimum Gasteiger partial charge on any atom is -0.444 e. The molecule has 0 unspecified atom stereocenters. The second-order valence-electron chi connectivity index (χ2n) is 6.95. The lowest BCUT2D eigenvalue weighted by atomic mass is 9.65. The highest BCUT2D eigenvalue weighted by atomic mass is 16.4. The SMILES string of the molecule is CCNC(=NCc1nc(C)c(C)o1)N1CC(C)(C)C1(C)C. The Kier molecular flexibility index (Phi) is 4.04. The number of hydrogen-bond acceptors (Lipinski definition) is 3. The number of guanidine groups is 1. The molecule has 0 atom stereocenters. The lowest BCUT2D eigenvalue weighted by molar-refractivity contribution is -0.0668. The standard InChI is InChI=1S/C16H28N4O/c1-8-17-14(20-10-15(4,5)16(20,6)7)18-9-13-19-11(2)12(3)21-13/h8-10H2,1-7H3,(H,17,18). The van der Waals surface area contributed by atoms with Crippen molar-refractivity contribution in [3.8, 4) is 0 Å². The first kappa shape index (κ1) is 15.9. The van der Waals surface area contributed by atoms with E-state index in [-0.39, 0.29) is 5.54 Å². The van der Waals surface area contributed by atoms with Crippen LogP contribution in [0.4, 0.5) is 0 Å². The van der Waals surface area contributed by atoms with Crippen LogP contribution in [-0.2, 0) is 6.54 Å². The molecule has 1 aliphatic rings. The largest absolute Gasteiger partial charge is 0.444 e. The average Bonchev–Trinajstić information content (AvgIpc) is 2.71. The molecule has 0 aromatic carbocycles. The molecule has 5 nitrogen and oxygen atoms in total. The van der Waals surface area contributed by atoms with Crippen LogP contribution in [-0.4, -0.2) is 34.5 Å². The van der Waals surface area contributed by atoms with Crippen molar-refractivity contribution in [2.24, 2.45) is 10.4 Å². The van der Waals surface area contributed by atoms with Crippen LogP contribution >= 0.6 is 0 Å². The van der Waals surface area contributed by atoms with Crippen LogP contribution in [0, 0.1) is 19.3 Å².